The second-order valence-corrected chi connectivity index (χ2v) is 8.94. The van der Waals surface area contributed by atoms with Crippen molar-refractivity contribution in [2.24, 2.45) is 0 Å². The van der Waals surface area contributed by atoms with E-state index in [1.807, 2.05) is 36.4 Å². The number of nitriles is 1. The van der Waals surface area contributed by atoms with E-state index in [1.165, 1.54) is 0 Å². The summed E-state index contributed by atoms with van der Waals surface area (Å²) in [6.07, 6.45) is 1.79. The monoisotopic (exact) mass is 434 g/mol. The van der Waals surface area contributed by atoms with Gasteiger partial charge in [0.2, 0.25) is 0 Å². The molecule has 150 valence electrons. The van der Waals surface area contributed by atoms with Crippen molar-refractivity contribution in [2.75, 3.05) is 13.7 Å². The number of likely N-dealkylation sites (N-methyl/N-ethyl adjacent to an activating group) is 1. The smallest absolute Gasteiger partial charge is 0.271 e. The lowest BCUT2D eigenvalue weighted by molar-refractivity contribution is -0.140. The molecule has 1 aliphatic heterocycles. The molecule has 5 nitrogen and oxygen atoms in total. The van der Waals surface area contributed by atoms with E-state index < -0.39 is 5.91 Å². The fraction of sp³-hybridized carbons (Fsp3) is 0.174. The summed E-state index contributed by atoms with van der Waals surface area (Å²) >= 11 is 3.27. The van der Waals surface area contributed by atoms with Gasteiger partial charge in [0, 0.05) is 31.3 Å². The highest BCUT2D eigenvalue weighted by atomic mass is 32.1. The molecule has 3 heterocycles. The second-order valence-electron chi connectivity index (χ2n) is 6.74. The summed E-state index contributed by atoms with van der Waals surface area (Å²) in [6, 6.07) is 14.1. The Balaban J connectivity index is 1.71. The van der Waals surface area contributed by atoms with E-state index in [0.29, 0.717) is 11.1 Å². The van der Waals surface area contributed by atoms with Gasteiger partial charge in [-0.2, -0.15) is 5.26 Å². The Morgan fingerprint density at radius 1 is 1.10 bits per heavy atom. The molecule has 0 spiro atoms. The normalized spacial score (nSPS) is 15.9. The van der Waals surface area contributed by atoms with Crippen LogP contribution in [0.3, 0.4) is 0 Å². The summed E-state index contributed by atoms with van der Waals surface area (Å²) < 4.78 is 7.48. The highest BCUT2D eigenvalue weighted by molar-refractivity contribution is 7.29. The molecule has 0 radical (unpaired) electrons. The predicted molar refractivity (Wildman–Crippen MR) is 120 cm³/mol. The van der Waals surface area contributed by atoms with E-state index in [4.69, 9.17) is 4.74 Å². The first-order valence-corrected chi connectivity index (χ1v) is 11.0. The van der Waals surface area contributed by atoms with Crippen LogP contribution in [0.25, 0.3) is 25.9 Å². The lowest BCUT2D eigenvalue weighted by atomic mass is 9.95. The number of fused-ring (bicyclic) bond motifs is 1. The Morgan fingerprint density at radius 3 is 2.40 bits per heavy atom. The number of thiophene rings is 2. The number of imide groups is 1. The van der Waals surface area contributed by atoms with E-state index >= 15 is 0 Å². The van der Waals surface area contributed by atoms with Crippen molar-refractivity contribution in [2.45, 2.75) is 13.8 Å². The molecule has 7 heteroatoms. The van der Waals surface area contributed by atoms with Gasteiger partial charge in [0.25, 0.3) is 11.8 Å². The average Bonchev–Trinajstić information content (AvgIpc) is 3.31. The molecule has 0 saturated heterocycles. The lowest BCUT2D eigenvalue weighted by Gasteiger charge is -2.26. The number of benzene rings is 1. The van der Waals surface area contributed by atoms with Crippen LogP contribution in [0.1, 0.15) is 18.7 Å². The van der Waals surface area contributed by atoms with Crippen LogP contribution in [0, 0.1) is 11.3 Å². The molecule has 0 fully saturated rings. The Labute approximate surface area is 182 Å². The zero-order valence-corrected chi connectivity index (χ0v) is 18.3. The molecule has 0 atom stereocenters. The summed E-state index contributed by atoms with van der Waals surface area (Å²) in [5.41, 5.74) is 1.99. The van der Waals surface area contributed by atoms with Crippen molar-refractivity contribution < 1.29 is 14.3 Å². The predicted octanol–water partition coefficient (Wildman–Crippen LogP) is 5.25. The third-order valence-electron chi connectivity index (χ3n) is 5.03. The van der Waals surface area contributed by atoms with Crippen LogP contribution < -0.4 is 4.74 Å². The number of methoxy groups -OCH3 is 1. The van der Waals surface area contributed by atoms with Gasteiger partial charge in [0.1, 0.15) is 17.4 Å². The maximum Gasteiger partial charge on any atom is 0.271 e. The standard InChI is InChI=1S/C23H18N2O3S2/c1-4-25-22(26)17(13(2)18(12-24)23(25)27)9-16-10-20-21(29-16)11-19(30-20)14-5-7-15(28-3)8-6-14/h5-11H,4H2,1-3H3/b17-9-. The van der Waals surface area contributed by atoms with Crippen molar-refractivity contribution in [3.05, 3.63) is 58.0 Å². The maximum absolute atomic E-state index is 12.8. The SMILES string of the molecule is CCN1C(=O)C(C#N)=C(C)/C(=C/c2cc3sc(-c4ccc(OC)cc4)cc3s2)C1=O. The number of rotatable bonds is 4. The fourth-order valence-corrected chi connectivity index (χ4v) is 5.74. The van der Waals surface area contributed by atoms with E-state index in [0.717, 1.165) is 35.4 Å². The van der Waals surface area contributed by atoms with Crippen LogP contribution in [0.5, 0.6) is 5.75 Å². The zero-order valence-electron chi connectivity index (χ0n) is 16.7. The number of hydrogen-bond acceptors (Lipinski definition) is 6. The molecule has 3 aromatic rings. The van der Waals surface area contributed by atoms with Crippen LogP contribution in [0.15, 0.2) is 53.1 Å². The second kappa shape index (κ2) is 7.90. The molecule has 0 N–H and O–H groups in total. The van der Waals surface area contributed by atoms with Crippen LogP contribution in [-0.4, -0.2) is 30.4 Å². The van der Waals surface area contributed by atoms with Gasteiger partial charge in [-0.25, -0.2) is 0 Å². The number of carbonyl (C=O) groups is 2. The van der Waals surface area contributed by atoms with Crippen molar-refractivity contribution in [3.63, 3.8) is 0 Å². The number of nitrogens with zero attached hydrogens (tertiary/aromatic N) is 2. The minimum atomic E-state index is -0.518. The Kier molecular flexibility index (Phi) is 5.29. The fourth-order valence-electron chi connectivity index (χ4n) is 3.38. The Morgan fingerprint density at radius 2 is 1.80 bits per heavy atom. The largest absolute Gasteiger partial charge is 0.497 e. The van der Waals surface area contributed by atoms with Gasteiger partial charge in [0.15, 0.2) is 0 Å². The first kappa shape index (κ1) is 20.1. The van der Waals surface area contributed by atoms with Gasteiger partial charge in [-0.15, -0.1) is 22.7 Å². The van der Waals surface area contributed by atoms with Crippen LogP contribution in [0.2, 0.25) is 0 Å². The molecule has 2 aromatic heterocycles. The quantitative estimate of drug-likeness (QED) is 0.415. The van der Waals surface area contributed by atoms with Crippen molar-refractivity contribution in [1.29, 1.82) is 5.26 Å². The van der Waals surface area contributed by atoms with Crippen LogP contribution in [0.4, 0.5) is 0 Å². The molecule has 0 bridgehead atoms. The van der Waals surface area contributed by atoms with Gasteiger partial charge in [0.05, 0.1) is 7.11 Å². The molecular formula is C23H18N2O3S2. The van der Waals surface area contributed by atoms with E-state index in [9.17, 15) is 14.9 Å². The molecule has 30 heavy (non-hydrogen) atoms. The molecule has 0 unspecified atom stereocenters. The first-order chi connectivity index (χ1) is 14.5. The summed E-state index contributed by atoms with van der Waals surface area (Å²) in [7, 11) is 1.65. The van der Waals surface area contributed by atoms with Gasteiger partial charge in [-0.3, -0.25) is 14.5 Å². The van der Waals surface area contributed by atoms with Crippen molar-refractivity contribution in [3.8, 4) is 22.3 Å². The summed E-state index contributed by atoms with van der Waals surface area (Å²) in [4.78, 5) is 28.3. The van der Waals surface area contributed by atoms with Gasteiger partial charge in [-0.05, 0) is 67.5 Å². The van der Waals surface area contributed by atoms with Crippen molar-refractivity contribution >= 4 is 50.0 Å². The minimum Gasteiger partial charge on any atom is -0.497 e. The van der Waals surface area contributed by atoms with Crippen molar-refractivity contribution in [1.82, 2.24) is 4.90 Å². The van der Waals surface area contributed by atoms with E-state index in [1.54, 1.807) is 49.7 Å². The Hall–Kier alpha value is -3.21. The minimum absolute atomic E-state index is 0.0304. The number of hydrogen-bond donors (Lipinski definition) is 0. The lowest BCUT2D eigenvalue weighted by Crippen LogP contribution is -2.42. The zero-order chi connectivity index (χ0) is 21.4. The molecule has 1 aliphatic rings. The van der Waals surface area contributed by atoms with Crippen LogP contribution >= 0.6 is 22.7 Å². The number of ether oxygens (including phenoxy) is 1. The molecule has 0 aliphatic carbocycles. The maximum atomic E-state index is 12.8. The Bertz CT molecular complexity index is 1240. The van der Waals surface area contributed by atoms with Crippen LogP contribution in [-0.2, 0) is 9.59 Å². The van der Waals surface area contributed by atoms with E-state index in [2.05, 4.69) is 6.07 Å². The van der Waals surface area contributed by atoms with E-state index in [-0.39, 0.29) is 18.0 Å². The average molecular weight is 435 g/mol. The third-order valence-corrected chi connectivity index (χ3v) is 7.32. The number of carbonyl (C=O) groups excluding carboxylic acids is 2. The molecule has 2 amide bonds. The molecule has 4 rings (SSSR count). The van der Waals surface area contributed by atoms with Gasteiger partial charge >= 0.3 is 0 Å². The van der Waals surface area contributed by atoms with Gasteiger partial charge < -0.3 is 4.74 Å². The highest BCUT2D eigenvalue weighted by Crippen LogP contribution is 2.40. The molecule has 0 saturated carbocycles. The summed E-state index contributed by atoms with van der Waals surface area (Å²) in [5, 5.41) is 9.37. The topological polar surface area (TPSA) is 70.4 Å². The molecule has 1 aromatic carbocycles. The summed E-state index contributed by atoms with van der Waals surface area (Å²) in [5.74, 6) is -0.0476. The molecular weight excluding hydrogens is 416 g/mol. The third kappa shape index (κ3) is 3.34. The number of amides is 2. The van der Waals surface area contributed by atoms with Gasteiger partial charge in [-0.1, -0.05) is 0 Å². The first-order valence-electron chi connectivity index (χ1n) is 9.33. The summed E-state index contributed by atoms with van der Waals surface area (Å²) in [6.45, 7) is 3.62. The highest BCUT2D eigenvalue weighted by Gasteiger charge is 2.34.